The molecule has 0 radical (unpaired) electrons. The summed E-state index contributed by atoms with van der Waals surface area (Å²) in [7, 11) is -0.342. The number of para-hydroxylation sites is 1. The van der Waals surface area contributed by atoms with Crippen LogP contribution >= 0.6 is 11.3 Å². The second kappa shape index (κ2) is 10.4. The molecule has 0 aliphatic carbocycles. The summed E-state index contributed by atoms with van der Waals surface area (Å²) in [6, 6.07) is 16.8. The maximum absolute atomic E-state index is 9.45. The minimum absolute atomic E-state index is 0.0914. The number of benzene rings is 2. The van der Waals surface area contributed by atoms with E-state index in [0.717, 1.165) is 12.2 Å². The van der Waals surface area contributed by atoms with Crippen LogP contribution in [0.25, 0.3) is 10.2 Å². The van der Waals surface area contributed by atoms with Crippen molar-refractivity contribution < 1.29 is 21.7 Å². The second-order valence-electron chi connectivity index (χ2n) is 6.14. The van der Waals surface area contributed by atoms with E-state index in [1.807, 2.05) is 20.3 Å². The van der Waals surface area contributed by atoms with Crippen molar-refractivity contribution in [3.63, 3.8) is 0 Å². The molecular weight excluding hydrogens is 410 g/mol. The first-order valence-electron chi connectivity index (χ1n) is 9.08. The van der Waals surface area contributed by atoms with E-state index >= 15 is 0 Å². The van der Waals surface area contributed by atoms with Gasteiger partial charge in [0.25, 0.3) is 5.01 Å². The lowest BCUT2D eigenvalue weighted by atomic mass is 10.3. The number of anilines is 1. The van der Waals surface area contributed by atoms with Crippen LogP contribution in [0.3, 0.4) is 0 Å². The van der Waals surface area contributed by atoms with Crippen molar-refractivity contribution in [2.75, 3.05) is 25.6 Å². The molecule has 0 unspecified atom stereocenters. The molecule has 29 heavy (non-hydrogen) atoms. The number of aromatic nitrogens is 1. The van der Waals surface area contributed by atoms with Crippen LogP contribution < -0.4 is 9.47 Å². The van der Waals surface area contributed by atoms with Crippen LogP contribution in [-0.2, 0) is 21.1 Å². The predicted octanol–water partition coefficient (Wildman–Crippen LogP) is 3.51. The van der Waals surface area contributed by atoms with Crippen molar-refractivity contribution in [3.05, 3.63) is 53.5 Å². The van der Waals surface area contributed by atoms with Crippen molar-refractivity contribution in [2.24, 2.45) is 4.99 Å². The van der Waals surface area contributed by atoms with Gasteiger partial charge in [0.2, 0.25) is 15.9 Å². The van der Waals surface area contributed by atoms with E-state index in [2.05, 4.69) is 74.1 Å². The Hall–Kier alpha value is -2.33. The first-order chi connectivity index (χ1) is 13.7. The van der Waals surface area contributed by atoms with Gasteiger partial charge in [-0.1, -0.05) is 23.5 Å². The fourth-order valence-corrected chi connectivity index (χ4v) is 3.97. The largest absolute Gasteiger partial charge is 0.726 e. The summed E-state index contributed by atoms with van der Waals surface area (Å²) < 4.78 is 35.6. The fourth-order valence-electron chi connectivity index (χ4n) is 2.59. The van der Waals surface area contributed by atoms with Gasteiger partial charge in [0, 0.05) is 25.8 Å². The first-order valence-corrected chi connectivity index (χ1v) is 11.2. The lowest BCUT2D eigenvalue weighted by molar-refractivity contribution is -0.664. The normalized spacial score (nSPS) is 11.5. The summed E-state index contributed by atoms with van der Waals surface area (Å²) in [6.45, 7) is 4.45. The van der Waals surface area contributed by atoms with Crippen LogP contribution in [0.5, 0.6) is 0 Å². The molecule has 156 valence electrons. The fraction of sp³-hybridized carbons (Fsp3) is 0.300. The van der Waals surface area contributed by atoms with Crippen molar-refractivity contribution in [3.8, 4) is 0 Å². The molecule has 0 spiro atoms. The molecule has 0 saturated carbocycles. The summed E-state index contributed by atoms with van der Waals surface area (Å²) in [6.07, 6.45) is 1.97. The van der Waals surface area contributed by atoms with E-state index in [9.17, 15) is 13.0 Å². The highest BCUT2D eigenvalue weighted by Gasteiger charge is 2.16. The van der Waals surface area contributed by atoms with E-state index in [1.165, 1.54) is 27.8 Å². The van der Waals surface area contributed by atoms with Crippen LogP contribution in [0, 0.1) is 0 Å². The number of rotatable bonds is 6. The molecule has 3 rings (SSSR count). The van der Waals surface area contributed by atoms with Gasteiger partial charge in [-0.05, 0) is 44.2 Å². The Balaban J connectivity index is 0.000000370. The SMILES string of the molecule is CCOS(=O)(=O)[O-].CC[n+]1c(C=Nc2ccc(N(C)C)cc2)sc2ccccc21. The van der Waals surface area contributed by atoms with Gasteiger partial charge in [0.05, 0.1) is 12.3 Å². The monoisotopic (exact) mass is 435 g/mol. The zero-order chi connectivity index (χ0) is 21.4. The number of aryl methyl sites for hydroxylation is 1. The topological polar surface area (TPSA) is 85.9 Å². The van der Waals surface area contributed by atoms with Crippen LogP contribution in [-0.4, -0.2) is 39.9 Å². The van der Waals surface area contributed by atoms with Crippen LogP contribution in [0.2, 0.25) is 0 Å². The minimum Gasteiger partial charge on any atom is -0.726 e. The number of aliphatic imine (C=N–C) groups is 1. The predicted molar refractivity (Wildman–Crippen MR) is 117 cm³/mol. The van der Waals surface area contributed by atoms with Crippen molar-refractivity contribution >= 4 is 49.5 Å². The van der Waals surface area contributed by atoms with Gasteiger partial charge in [-0.3, -0.25) is 4.18 Å². The van der Waals surface area contributed by atoms with Crippen molar-refractivity contribution in [2.45, 2.75) is 20.4 Å². The van der Waals surface area contributed by atoms with Gasteiger partial charge in [0.15, 0.2) is 0 Å². The van der Waals surface area contributed by atoms with Gasteiger partial charge in [-0.15, -0.1) is 0 Å². The molecular formula is C20H25N3O4S2. The maximum Gasteiger partial charge on any atom is 0.281 e. The molecule has 3 aromatic rings. The number of hydrogen-bond donors (Lipinski definition) is 0. The van der Waals surface area contributed by atoms with E-state index < -0.39 is 10.4 Å². The third-order valence-corrected chi connectivity index (χ3v) is 5.53. The highest BCUT2D eigenvalue weighted by molar-refractivity contribution is 7.80. The molecule has 7 nitrogen and oxygen atoms in total. The van der Waals surface area contributed by atoms with E-state index in [0.29, 0.717) is 0 Å². The molecule has 0 N–H and O–H groups in total. The molecule has 0 saturated heterocycles. The van der Waals surface area contributed by atoms with Crippen LogP contribution in [0.1, 0.15) is 18.9 Å². The lowest BCUT2D eigenvalue weighted by Gasteiger charge is -2.11. The highest BCUT2D eigenvalue weighted by Crippen LogP contribution is 2.21. The zero-order valence-electron chi connectivity index (χ0n) is 16.9. The van der Waals surface area contributed by atoms with Crippen LogP contribution in [0.15, 0.2) is 53.5 Å². The Kier molecular flexibility index (Phi) is 8.27. The zero-order valence-corrected chi connectivity index (χ0v) is 18.5. The number of fused-ring (bicyclic) bond motifs is 1. The number of hydrogen-bond acceptors (Lipinski definition) is 7. The molecule has 1 aromatic heterocycles. The Bertz CT molecular complexity index is 1060. The summed E-state index contributed by atoms with van der Waals surface area (Å²) in [5.74, 6) is 0. The highest BCUT2D eigenvalue weighted by atomic mass is 32.3. The molecule has 0 fully saturated rings. The smallest absolute Gasteiger partial charge is 0.281 e. The Morgan fingerprint density at radius 1 is 1.14 bits per heavy atom. The number of thiazole rings is 1. The Labute approximate surface area is 175 Å². The van der Waals surface area contributed by atoms with Crippen LogP contribution in [0.4, 0.5) is 11.4 Å². The Morgan fingerprint density at radius 2 is 1.79 bits per heavy atom. The quantitative estimate of drug-likeness (QED) is 0.256. The molecule has 0 amide bonds. The maximum atomic E-state index is 9.45. The molecule has 0 aliphatic rings. The molecule has 1 heterocycles. The summed E-state index contributed by atoms with van der Waals surface area (Å²) >= 11 is 1.78. The standard InChI is InChI=1S/C18H20N3S.C2H6O4S/c1-4-21-16-7-5-6-8-17(16)22-18(21)13-19-14-9-11-15(12-10-14)20(2)3;1-2-6-7(3,4)5/h5-13H,4H2,1-3H3;2H2,1H3,(H,3,4,5)/q+1;/p-1. The minimum atomic E-state index is -4.42. The van der Waals surface area contributed by atoms with Crippen molar-refractivity contribution in [1.29, 1.82) is 0 Å². The Morgan fingerprint density at radius 3 is 2.31 bits per heavy atom. The van der Waals surface area contributed by atoms with Crippen molar-refractivity contribution in [1.82, 2.24) is 0 Å². The van der Waals surface area contributed by atoms with Gasteiger partial charge < -0.3 is 9.45 Å². The average molecular weight is 436 g/mol. The van der Waals surface area contributed by atoms with Gasteiger partial charge >= 0.3 is 0 Å². The lowest BCUT2D eigenvalue weighted by Crippen LogP contribution is -2.34. The average Bonchev–Trinajstić information content (AvgIpc) is 3.03. The third-order valence-electron chi connectivity index (χ3n) is 3.91. The second-order valence-corrected chi connectivity index (χ2v) is 8.25. The van der Waals surface area contributed by atoms with Gasteiger partial charge in [0.1, 0.15) is 17.5 Å². The molecule has 0 aliphatic heterocycles. The first kappa shape index (κ1) is 23.0. The summed E-state index contributed by atoms with van der Waals surface area (Å²) in [4.78, 5) is 6.71. The third kappa shape index (κ3) is 6.90. The molecule has 2 aromatic carbocycles. The van der Waals surface area contributed by atoms with E-state index in [4.69, 9.17) is 0 Å². The van der Waals surface area contributed by atoms with E-state index in [-0.39, 0.29) is 6.61 Å². The molecule has 0 bridgehead atoms. The van der Waals surface area contributed by atoms with E-state index in [1.54, 1.807) is 11.3 Å². The molecule has 0 atom stereocenters. The summed E-state index contributed by atoms with van der Waals surface area (Å²) in [5, 5.41) is 1.18. The molecule has 9 heteroatoms. The van der Waals surface area contributed by atoms with Gasteiger partial charge in [-0.25, -0.2) is 13.4 Å². The summed E-state index contributed by atoms with van der Waals surface area (Å²) in [5.41, 5.74) is 3.44. The van der Waals surface area contributed by atoms with Gasteiger partial charge in [-0.2, -0.15) is 4.57 Å². The number of nitrogens with zero attached hydrogens (tertiary/aromatic N) is 3.